The lowest BCUT2D eigenvalue weighted by molar-refractivity contribution is -0.113. The van der Waals surface area contributed by atoms with Crippen LogP contribution in [0.3, 0.4) is 0 Å². The van der Waals surface area contributed by atoms with Gasteiger partial charge in [-0.1, -0.05) is 24.3 Å². The number of rotatable bonds is 3. The summed E-state index contributed by atoms with van der Waals surface area (Å²) in [5.41, 5.74) is 1.55. The van der Waals surface area contributed by atoms with Crippen LogP contribution in [-0.4, -0.2) is 12.3 Å². The predicted molar refractivity (Wildman–Crippen MR) is 64.5 cm³/mol. The van der Waals surface area contributed by atoms with Gasteiger partial charge in [-0.3, -0.25) is 9.44 Å². The number of quaternary nitrogens is 1. The number of benzene rings is 1. The molecule has 3 heteroatoms. The molecule has 0 aliphatic carbocycles. The number of nitrogens with zero attached hydrogens (tertiary/aromatic N) is 1. The fourth-order valence-electron chi connectivity index (χ4n) is 1.91. The van der Waals surface area contributed by atoms with E-state index in [1.165, 1.54) is 12.3 Å². The number of ketones is 1. The average Bonchev–Trinajstić information content (AvgIpc) is 2.61. The van der Waals surface area contributed by atoms with Crippen molar-refractivity contribution >= 4 is 11.5 Å². The first-order valence-electron chi connectivity index (χ1n) is 5.16. The van der Waals surface area contributed by atoms with Crippen LogP contribution in [0, 0.1) is 5.21 Å². The van der Waals surface area contributed by atoms with Crippen LogP contribution in [0.25, 0.3) is 0 Å². The molecule has 82 valence electrons. The Morgan fingerprint density at radius 3 is 2.81 bits per heavy atom. The summed E-state index contributed by atoms with van der Waals surface area (Å²) in [6, 6.07) is 7.37. The third kappa shape index (κ3) is 1.83. The molecule has 0 saturated carbocycles. The summed E-state index contributed by atoms with van der Waals surface area (Å²) in [4.78, 5) is 11.2. The number of hydroxylamine groups is 2. The molecule has 0 N–H and O–H groups in total. The van der Waals surface area contributed by atoms with Crippen LogP contribution >= 0.6 is 0 Å². The zero-order valence-electron chi connectivity index (χ0n) is 8.93. The number of para-hydroxylation sites is 1. The van der Waals surface area contributed by atoms with E-state index in [4.69, 9.17) is 0 Å². The molecule has 1 heterocycles. The normalized spacial score (nSPS) is 23.7. The van der Waals surface area contributed by atoms with Crippen molar-refractivity contribution in [2.24, 2.45) is 0 Å². The second kappa shape index (κ2) is 4.04. The molecule has 0 radical (unpaired) electrons. The van der Waals surface area contributed by atoms with Gasteiger partial charge in [0.1, 0.15) is 11.9 Å². The van der Waals surface area contributed by atoms with Gasteiger partial charge in [0, 0.05) is 17.7 Å². The number of carbonyl (C=O) groups is 1. The van der Waals surface area contributed by atoms with Crippen molar-refractivity contribution in [2.45, 2.75) is 6.42 Å². The maximum Gasteiger partial charge on any atom is 0.216 e. The predicted octanol–water partition coefficient (Wildman–Crippen LogP) is 2.32. The molecule has 3 nitrogen and oxygen atoms in total. The van der Waals surface area contributed by atoms with E-state index in [-0.39, 0.29) is 12.3 Å². The molecule has 2 rings (SSSR count). The van der Waals surface area contributed by atoms with E-state index >= 15 is 0 Å². The summed E-state index contributed by atoms with van der Waals surface area (Å²) >= 11 is 0. The standard InChI is InChI=1S/C13H13NO2/c1-2-5-11-6-3-4-7-13(11)14(16)9-8-12(15)10-14/h2-4,6-9H,1,5,10H2. The van der Waals surface area contributed by atoms with Gasteiger partial charge in [0.15, 0.2) is 6.54 Å². The van der Waals surface area contributed by atoms with Crippen LogP contribution < -0.4 is 4.65 Å². The first-order chi connectivity index (χ1) is 7.65. The van der Waals surface area contributed by atoms with Gasteiger partial charge in [-0.2, -0.15) is 0 Å². The van der Waals surface area contributed by atoms with E-state index in [0.717, 1.165) is 5.56 Å². The second-order valence-corrected chi connectivity index (χ2v) is 3.86. The number of hydrogen-bond acceptors (Lipinski definition) is 2. The lowest BCUT2D eigenvalue weighted by Gasteiger charge is -2.35. The molecule has 0 saturated heterocycles. The van der Waals surface area contributed by atoms with Crippen molar-refractivity contribution in [3.63, 3.8) is 0 Å². The van der Waals surface area contributed by atoms with E-state index in [0.29, 0.717) is 12.1 Å². The Balaban J connectivity index is 2.43. The SMILES string of the molecule is C=CCc1ccccc1[N+]1([O-])C=CC(=O)C1. The smallest absolute Gasteiger partial charge is 0.216 e. The van der Waals surface area contributed by atoms with E-state index in [1.807, 2.05) is 18.2 Å². The molecule has 0 amide bonds. The Bertz CT molecular complexity index is 465. The summed E-state index contributed by atoms with van der Waals surface area (Å²) < 4.78 is -0.678. The molecular weight excluding hydrogens is 202 g/mol. The Kier molecular flexibility index (Phi) is 2.73. The zero-order valence-corrected chi connectivity index (χ0v) is 8.93. The van der Waals surface area contributed by atoms with Gasteiger partial charge in [0.2, 0.25) is 5.78 Å². The van der Waals surface area contributed by atoms with Gasteiger partial charge in [-0.05, 0) is 6.42 Å². The van der Waals surface area contributed by atoms with Crippen LogP contribution in [0.2, 0.25) is 0 Å². The molecule has 1 aliphatic heterocycles. The summed E-state index contributed by atoms with van der Waals surface area (Å²) in [5, 5.41) is 12.4. The van der Waals surface area contributed by atoms with Crippen molar-refractivity contribution in [3.05, 3.63) is 60.0 Å². The van der Waals surface area contributed by atoms with Crippen molar-refractivity contribution in [2.75, 3.05) is 6.54 Å². The molecule has 0 spiro atoms. The molecule has 0 bridgehead atoms. The Labute approximate surface area is 94.5 Å². The summed E-state index contributed by atoms with van der Waals surface area (Å²) in [5.74, 6) is -0.122. The molecule has 1 aromatic carbocycles. The van der Waals surface area contributed by atoms with E-state index < -0.39 is 4.65 Å². The van der Waals surface area contributed by atoms with Crippen LogP contribution in [0.4, 0.5) is 5.69 Å². The van der Waals surface area contributed by atoms with Crippen LogP contribution in [0.15, 0.2) is 49.2 Å². The highest BCUT2D eigenvalue weighted by molar-refractivity contribution is 5.96. The van der Waals surface area contributed by atoms with Crippen LogP contribution in [-0.2, 0) is 11.2 Å². The van der Waals surface area contributed by atoms with E-state index in [1.54, 1.807) is 12.1 Å². The second-order valence-electron chi connectivity index (χ2n) is 3.86. The van der Waals surface area contributed by atoms with Crippen LogP contribution in [0.1, 0.15) is 5.56 Å². The topological polar surface area (TPSA) is 40.1 Å². The summed E-state index contributed by atoms with van der Waals surface area (Å²) in [7, 11) is 0. The van der Waals surface area contributed by atoms with Gasteiger partial charge >= 0.3 is 0 Å². The number of hydrogen-bond donors (Lipinski definition) is 0. The minimum absolute atomic E-state index is 0.0336. The quantitative estimate of drug-likeness (QED) is 0.441. The molecule has 1 aromatic rings. The van der Waals surface area contributed by atoms with Gasteiger partial charge in [0.05, 0.1) is 0 Å². The number of carbonyl (C=O) groups excluding carboxylic acids is 1. The summed E-state index contributed by atoms with van der Waals surface area (Å²) in [6.07, 6.45) is 5.16. The highest BCUT2D eigenvalue weighted by Crippen LogP contribution is 2.30. The molecule has 0 fully saturated rings. The maximum absolute atomic E-state index is 12.4. The lowest BCUT2D eigenvalue weighted by atomic mass is 10.1. The third-order valence-corrected chi connectivity index (χ3v) is 2.66. The monoisotopic (exact) mass is 215 g/mol. The van der Waals surface area contributed by atoms with E-state index in [9.17, 15) is 10.0 Å². The minimum atomic E-state index is -0.678. The fraction of sp³-hybridized carbons (Fsp3) is 0.154. The highest BCUT2D eigenvalue weighted by Gasteiger charge is 2.28. The van der Waals surface area contributed by atoms with Crippen molar-refractivity contribution in [1.82, 2.24) is 4.65 Å². The third-order valence-electron chi connectivity index (χ3n) is 2.66. The Morgan fingerprint density at radius 2 is 2.19 bits per heavy atom. The molecule has 1 unspecified atom stereocenters. The van der Waals surface area contributed by atoms with Gasteiger partial charge in [-0.25, -0.2) is 0 Å². The Morgan fingerprint density at radius 1 is 1.44 bits per heavy atom. The first-order valence-corrected chi connectivity index (χ1v) is 5.16. The first kappa shape index (κ1) is 10.8. The van der Waals surface area contributed by atoms with Gasteiger partial charge < -0.3 is 5.21 Å². The largest absolute Gasteiger partial charge is 0.622 e. The molecule has 1 atom stereocenters. The lowest BCUT2D eigenvalue weighted by Crippen LogP contribution is -2.37. The average molecular weight is 215 g/mol. The molecule has 1 aliphatic rings. The minimum Gasteiger partial charge on any atom is -0.622 e. The van der Waals surface area contributed by atoms with Crippen LogP contribution in [0.5, 0.6) is 0 Å². The Hall–Kier alpha value is -1.71. The van der Waals surface area contributed by atoms with Crippen molar-refractivity contribution in [1.29, 1.82) is 0 Å². The van der Waals surface area contributed by atoms with Gasteiger partial charge in [-0.15, -0.1) is 6.58 Å². The van der Waals surface area contributed by atoms with Crippen molar-refractivity contribution < 1.29 is 4.79 Å². The zero-order chi connectivity index (χ0) is 11.6. The summed E-state index contributed by atoms with van der Waals surface area (Å²) in [6.45, 7) is 3.63. The molecule has 16 heavy (non-hydrogen) atoms. The fourth-order valence-corrected chi connectivity index (χ4v) is 1.91. The maximum atomic E-state index is 12.4. The van der Waals surface area contributed by atoms with Crippen molar-refractivity contribution in [3.8, 4) is 0 Å². The molecular formula is C13H13NO2. The van der Waals surface area contributed by atoms with Gasteiger partial charge in [0.25, 0.3) is 0 Å². The van der Waals surface area contributed by atoms with E-state index in [2.05, 4.69) is 6.58 Å². The molecule has 0 aromatic heterocycles. The number of allylic oxidation sites excluding steroid dienone is 1. The highest BCUT2D eigenvalue weighted by atomic mass is 16.5.